The van der Waals surface area contributed by atoms with Gasteiger partial charge in [-0.2, -0.15) is 5.10 Å². The van der Waals surface area contributed by atoms with Gasteiger partial charge in [0, 0.05) is 12.0 Å². The number of benzene rings is 1. The van der Waals surface area contributed by atoms with E-state index in [-0.39, 0.29) is 11.5 Å². The fourth-order valence-electron chi connectivity index (χ4n) is 3.20. The number of hydrogen-bond donors (Lipinski definition) is 2. The molecule has 1 atom stereocenters. The second-order valence-corrected chi connectivity index (χ2v) is 6.13. The van der Waals surface area contributed by atoms with Crippen molar-refractivity contribution in [3.8, 4) is 0 Å². The SMILES string of the molecule is CCCn1ncc(Cl)c1C(NN)C1(c2ccccc2)CC1. The van der Waals surface area contributed by atoms with Crippen LogP contribution in [-0.2, 0) is 12.0 Å². The number of halogens is 1. The number of aryl methyl sites for hydroxylation is 1. The van der Waals surface area contributed by atoms with Gasteiger partial charge in [-0.15, -0.1) is 0 Å². The highest BCUT2D eigenvalue weighted by molar-refractivity contribution is 6.31. The summed E-state index contributed by atoms with van der Waals surface area (Å²) in [6.07, 6.45) is 4.96. The maximum atomic E-state index is 6.40. The van der Waals surface area contributed by atoms with Crippen molar-refractivity contribution in [2.75, 3.05) is 0 Å². The lowest BCUT2D eigenvalue weighted by Gasteiger charge is -2.28. The zero-order chi connectivity index (χ0) is 14.9. The molecule has 3 rings (SSSR count). The summed E-state index contributed by atoms with van der Waals surface area (Å²) in [5.41, 5.74) is 5.35. The smallest absolute Gasteiger partial charge is 0.0835 e. The first-order chi connectivity index (χ1) is 10.2. The van der Waals surface area contributed by atoms with Gasteiger partial charge in [-0.05, 0) is 24.8 Å². The highest BCUT2D eigenvalue weighted by atomic mass is 35.5. The van der Waals surface area contributed by atoms with Gasteiger partial charge in [-0.25, -0.2) is 0 Å². The van der Waals surface area contributed by atoms with Crippen molar-refractivity contribution in [1.29, 1.82) is 0 Å². The molecule has 1 saturated carbocycles. The third kappa shape index (κ3) is 2.48. The molecule has 1 aromatic heterocycles. The van der Waals surface area contributed by atoms with E-state index in [0.717, 1.165) is 31.5 Å². The fraction of sp³-hybridized carbons (Fsp3) is 0.438. The number of aromatic nitrogens is 2. The van der Waals surface area contributed by atoms with Crippen molar-refractivity contribution >= 4 is 11.6 Å². The summed E-state index contributed by atoms with van der Waals surface area (Å²) in [5.74, 6) is 5.91. The Morgan fingerprint density at radius 1 is 1.38 bits per heavy atom. The van der Waals surface area contributed by atoms with Gasteiger partial charge in [0.05, 0.1) is 23.0 Å². The molecule has 1 unspecified atom stereocenters. The Hall–Kier alpha value is -1.36. The minimum atomic E-state index is -0.0125. The van der Waals surface area contributed by atoms with Crippen molar-refractivity contribution < 1.29 is 0 Å². The van der Waals surface area contributed by atoms with Crippen LogP contribution in [-0.4, -0.2) is 9.78 Å². The van der Waals surface area contributed by atoms with Gasteiger partial charge < -0.3 is 0 Å². The lowest BCUT2D eigenvalue weighted by Crippen LogP contribution is -2.38. The predicted molar refractivity (Wildman–Crippen MR) is 84.9 cm³/mol. The normalized spacial score (nSPS) is 17.7. The molecule has 0 bridgehead atoms. The van der Waals surface area contributed by atoms with Crippen LogP contribution in [0.25, 0.3) is 0 Å². The monoisotopic (exact) mass is 304 g/mol. The summed E-state index contributed by atoms with van der Waals surface area (Å²) in [6, 6.07) is 10.5. The molecule has 1 fully saturated rings. The third-order valence-electron chi connectivity index (χ3n) is 4.40. The van der Waals surface area contributed by atoms with Crippen LogP contribution >= 0.6 is 11.6 Å². The summed E-state index contributed by atoms with van der Waals surface area (Å²) in [7, 11) is 0. The van der Waals surface area contributed by atoms with Crippen molar-refractivity contribution in [3.63, 3.8) is 0 Å². The maximum absolute atomic E-state index is 6.40. The summed E-state index contributed by atoms with van der Waals surface area (Å²) in [4.78, 5) is 0. The van der Waals surface area contributed by atoms with Crippen molar-refractivity contribution in [2.45, 2.75) is 44.2 Å². The first-order valence-corrected chi connectivity index (χ1v) is 7.83. The van der Waals surface area contributed by atoms with E-state index >= 15 is 0 Å². The van der Waals surface area contributed by atoms with E-state index in [1.807, 2.05) is 10.7 Å². The fourth-order valence-corrected chi connectivity index (χ4v) is 3.45. The number of hydrogen-bond acceptors (Lipinski definition) is 3. The molecule has 0 amide bonds. The van der Waals surface area contributed by atoms with Crippen molar-refractivity contribution in [2.24, 2.45) is 5.84 Å². The largest absolute Gasteiger partial charge is 0.271 e. The van der Waals surface area contributed by atoms with Crippen LogP contribution < -0.4 is 11.3 Å². The third-order valence-corrected chi connectivity index (χ3v) is 4.69. The number of nitrogens with zero attached hydrogens (tertiary/aromatic N) is 2. The molecule has 1 aliphatic carbocycles. The van der Waals surface area contributed by atoms with E-state index in [0.29, 0.717) is 5.02 Å². The lowest BCUT2D eigenvalue weighted by atomic mass is 9.86. The van der Waals surface area contributed by atoms with Gasteiger partial charge >= 0.3 is 0 Å². The molecule has 5 heteroatoms. The van der Waals surface area contributed by atoms with Crippen LogP contribution in [0.4, 0.5) is 0 Å². The predicted octanol–water partition coefficient (Wildman–Crippen LogP) is 3.18. The molecule has 112 valence electrons. The van der Waals surface area contributed by atoms with Crippen LogP contribution in [0.5, 0.6) is 0 Å². The zero-order valence-electron chi connectivity index (χ0n) is 12.2. The maximum Gasteiger partial charge on any atom is 0.0835 e. The van der Waals surface area contributed by atoms with Crippen LogP contribution in [0.15, 0.2) is 36.5 Å². The van der Waals surface area contributed by atoms with Gasteiger partial charge in [-0.1, -0.05) is 48.9 Å². The number of rotatable bonds is 6. The summed E-state index contributed by atoms with van der Waals surface area (Å²) >= 11 is 6.40. The first-order valence-electron chi connectivity index (χ1n) is 7.46. The molecule has 1 aromatic carbocycles. The van der Waals surface area contributed by atoms with E-state index in [1.165, 1.54) is 5.56 Å². The molecule has 1 aliphatic rings. The summed E-state index contributed by atoms with van der Waals surface area (Å²) < 4.78 is 1.98. The summed E-state index contributed by atoms with van der Waals surface area (Å²) in [5, 5.41) is 5.09. The van der Waals surface area contributed by atoms with Crippen LogP contribution in [0, 0.1) is 0 Å². The van der Waals surface area contributed by atoms with Crippen LogP contribution in [0.2, 0.25) is 5.02 Å². The van der Waals surface area contributed by atoms with Gasteiger partial charge in [-0.3, -0.25) is 16.0 Å². The summed E-state index contributed by atoms with van der Waals surface area (Å²) in [6.45, 7) is 2.99. The van der Waals surface area contributed by atoms with Gasteiger partial charge in [0.1, 0.15) is 0 Å². The highest BCUT2D eigenvalue weighted by Crippen LogP contribution is 2.56. The highest BCUT2D eigenvalue weighted by Gasteiger charge is 2.52. The number of nitrogens with two attached hydrogens (primary N) is 1. The standard InChI is InChI=1S/C16H21ClN4/c1-2-10-21-14(13(17)11-19-21)15(20-18)16(8-9-16)12-6-4-3-5-7-12/h3-7,11,15,20H,2,8-10,18H2,1H3. The zero-order valence-corrected chi connectivity index (χ0v) is 13.0. The Morgan fingerprint density at radius 2 is 2.10 bits per heavy atom. The Bertz CT molecular complexity index is 604. The minimum Gasteiger partial charge on any atom is -0.271 e. The van der Waals surface area contributed by atoms with E-state index in [9.17, 15) is 0 Å². The molecular weight excluding hydrogens is 284 g/mol. The molecule has 3 N–H and O–H groups in total. The van der Waals surface area contributed by atoms with Crippen molar-refractivity contribution in [3.05, 3.63) is 52.8 Å². The Labute approximate surface area is 130 Å². The van der Waals surface area contributed by atoms with Crippen LogP contribution in [0.1, 0.15) is 43.5 Å². The molecule has 0 radical (unpaired) electrons. The Balaban J connectivity index is 2.02. The number of hydrazine groups is 1. The Morgan fingerprint density at radius 3 is 2.67 bits per heavy atom. The molecule has 21 heavy (non-hydrogen) atoms. The van der Waals surface area contributed by atoms with Gasteiger partial charge in [0.15, 0.2) is 0 Å². The Kier molecular flexibility index (Phi) is 4.02. The van der Waals surface area contributed by atoms with Crippen molar-refractivity contribution in [1.82, 2.24) is 15.2 Å². The van der Waals surface area contributed by atoms with E-state index in [1.54, 1.807) is 6.20 Å². The van der Waals surface area contributed by atoms with E-state index in [2.05, 4.69) is 41.7 Å². The lowest BCUT2D eigenvalue weighted by molar-refractivity contribution is 0.401. The second-order valence-electron chi connectivity index (χ2n) is 5.72. The number of nitrogens with one attached hydrogen (secondary N) is 1. The molecule has 4 nitrogen and oxygen atoms in total. The topological polar surface area (TPSA) is 55.9 Å². The van der Waals surface area contributed by atoms with Gasteiger partial charge in [0.25, 0.3) is 0 Å². The molecular formula is C16H21ClN4. The molecule has 0 saturated heterocycles. The van der Waals surface area contributed by atoms with E-state index < -0.39 is 0 Å². The second kappa shape index (κ2) is 5.79. The average molecular weight is 305 g/mol. The molecule has 0 spiro atoms. The van der Waals surface area contributed by atoms with Crippen LogP contribution in [0.3, 0.4) is 0 Å². The van der Waals surface area contributed by atoms with Gasteiger partial charge in [0.2, 0.25) is 0 Å². The van der Waals surface area contributed by atoms with E-state index in [4.69, 9.17) is 17.4 Å². The molecule has 0 aliphatic heterocycles. The first kappa shape index (κ1) is 14.6. The quantitative estimate of drug-likeness (QED) is 0.636. The molecule has 2 aromatic rings. The minimum absolute atomic E-state index is 0.0125. The average Bonchev–Trinajstić information content (AvgIpc) is 3.24. The molecule has 1 heterocycles.